The monoisotopic (exact) mass is 339 g/mol. The number of carbonyl (C=O) groups is 1. The lowest BCUT2D eigenvalue weighted by Gasteiger charge is -2.35. The molecule has 20 heavy (non-hydrogen) atoms. The van der Waals surface area contributed by atoms with E-state index in [1.54, 1.807) is 12.3 Å². The molecule has 2 heterocycles. The highest BCUT2D eigenvalue weighted by Gasteiger charge is 2.27. The molecule has 0 bridgehead atoms. The molecule has 2 rings (SSSR count). The van der Waals surface area contributed by atoms with E-state index in [2.05, 4.69) is 4.98 Å². The van der Waals surface area contributed by atoms with Gasteiger partial charge < -0.3 is 10.6 Å². The molecular formula is C13H20Cl3N3O. The lowest BCUT2D eigenvalue weighted by atomic mass is 9.98. The second-order valence-corrected chi connectivity index (χ2v) is 4.99. The van der Waals surface area contributed by atoms with Gasteiger partial charge in [-0.3, -0.25) is 9.78 Å². The molecule has 1 aliphatic rings. The molecule has 1 saturated heterocycles. The molecule has 1 aromatic heterocycles. The summed E-state index contributed by atoms with van der Waals surface area (Å²) in [6, 6.07) is 1.93. The minimum absolute atomic E-state index is 0. The minimum atomic E-state index is 0. The van der Waals surface area contributed by atoms with Crippen molar-refractivity contribution in [3.05, 3.63) is 29.0 Å². The Balaban J connectivity index is 0.00000180. The van der Waals surface area contributed by atoms with E-state index in [9.17, 15) is 4.79 Å². The summed E-state index contributed by atoms with van der Waals surface area (Å²) in [7, 11) is 0. The first kappa shape index (κ1) is 19.4. The Hall–Kier alpha value is -0.550. The van der Waals surface area contributed by atoms with Crippen LogP contribution in [0.4, 0.5) is 0 Å². The maximum atomic E-state index is 12.5. The molecule has 114 valence electrons. The number of nitrogens with zero attached hydrogens (tertiary/aromatic N) is 2. The zero-order valence-electron chi connectivity index (χ0n) is 11.1. The van der Waals surface area contributed by atoms with Crippen molar-refractivity contribution < 1.29 is 4.79 Å². The summed E-state index contributed by atoms with van der Waals surface area (Å²) in [6.45, 7) is 1.40. The van der Waals surface area contributed by atoms with E-state index in [0.29, 0.717) is 17.1 Å². The third-order valence-corrected chi connectivity index (χ3v) is 3.69. The summed E-state index contributed by atoms with van der Waals surface area (Å²) in [6.07, 6.45) is 7.21. The number of hydrogen-bond donors (Lipinski definition) is 1. The van der Waals surface area contributed by atoms with Crippen LogP contribution in [0.5, 0.6) is 0 Å². The highest BCUT2D eigenvalue weighted by atomic mass is 35.5. The molecule has 7 heteroatoms. The number of rotatable bonds is 3. The van der Waals surface area contributed by atoms with Crippen LogP contribution in [0.15, 0.2) is 18.5 Å². The molecule has 1 unspecified atom stereocenters. The smallest absolute Gasteiger partial charge is 0.255 e. The Kier molecular flexibility index (Phi) is 9.14. The molecule has 1 aliphatic heterocycles. The van der Waals surface area contributed by atoms with Crippen LogP contribution in [0.1, 0.15) is 36.0 Å². The van der Waals surface area contributed by atoms with Crippen molar-refractivity contribution in [1.82, 2.24) is 9.88 Å². The van der Waals surface area contributed by atoms with Gasteiger partial charge in [0.25, 0.3) is 5.91 Å². The van der Waals surface area contributed by atoms with E-state index in [-0.39, 0.29) is 36.8 Å². The van der Waals surface area contributed by atoms with E-state index in [4.69, 9.17) is 17.3 Å². The first-order chi connectivity index (χ1) is 8.74. The van der Waals surface area contributed by atoms with Crippen LogP contribution >= 0.6 is 36.4 Å². The van der Waals surface area contributed by atoms with Crippen LogP contribution in [0.3, 0.4) is 0 Å². The van der Waals surface area contributed by atoms with Gasteiger partial charge in [-0.1, -0.05) is 11.6 Å². The molecule has 0 aliphatic carbocycles. The fraction of sp³-hybridized carbons (Fsp3) is 0.538. The quantitative estimate of drug-likeness (QED) is 0.920. The Bertz CT molecular complexity index is 429. The Morgan fingerprint density at radius 1 is 1.45 bits per heavy atom. The van der Waals surface area contributed by atoms with Gasteiger partial charge >= 0.3 is 0 Å². The SMILES string of the molecule is Cl.Cl.NCCC1CCCCN1C(=O)c1ccncc1Cl. The third kappa shape index (κ3) is 4.48. The molecule has 4 nitrogen and oxygen atoms in total. The summed E-state index contributed by atoms with van der Waals surface area (Å²) in [5.74, 6) is 0.000509. The standard InChI is InChI=1S/C13H18ClN3O.2ClH/c14-12-9-16-7-5-11(12)13(18)17-8-2-1-3-10(17)4-6-15;;/h5,7,9-10H,1-4,6,8,15H2;2*1H. The van der Waals surface area contributed by atoms with Gasteiger partial charge in [-0.25, -0.2) is 0 Å². The summed E-state index contributed by atoms with van der Waals surface area (Å²) in [5, 5.41) is 0.416. The van der Waals surface area contributed by atoms with Gasteiger partial charge in [-0.15, -0.1) is 24.8 Å². The predicted octanol–water partition coefficient (Wildman–Crippen LogP) is 2.92. The molecule has 0 saturated carbocycles. The van der Waals surface area contributed by atoms with E-state index in [0.717, 1.165) is 25.8 Å². The molecular weight excluding hydrogens is 321 g/mol. The van der Waals surface area contributed by atoms with Crippen molar-refractivity contribution in [3.63, 3.8) is 0 Å². The van der Waals surface area contributed by atoms with E-state index in [1.807, 2.05) is 4.90 Å². The fourth-order valence-corrected chi connectivity index (χ4v) is 2.66. The predicted molar refractivity (Wildman–Crippen MR) is 86.1 cm³/mol. The number of amides is 1. The first-order valence-corrected chi connectivity index (χ1v) is 6.72. The maximum absolute atomic E-state index is 12.5. The lowest BCUT2D eigenvalue weighted by molar-refractivity contribution is 0.0605. The molecule has 0 radical (unpaired) electrons. The topological polar surface area (TPSA) is 59.2 Å². The number of piperidine rings is 1. The fourth-order valence-electron chi connectivity index (χ4n) is 2.46. The van der Waals surface area contributed by atoms with Gasteiger partial charge in [0.05, 0.1) is 10.6 Å². The maximum Gasteiger partial charge on any atom is 0.255 e. The van der Waals surface area contributed by atoms with Crippen molar-refractivity contribution in [3.8, 4) is 0 Å². The molecule has 0 aromatic carbocycles. The molecule has 2 N–H and O–H groups in total. The van der Waals surface area contributed by atoms with Crippen molar-refractivity contribution in [2.45, 2.75) is 31.7 Å². The zero-order chi connectivity index (χ0) is 13.0. The van der Waals surface area contributed by atoms with E-state index >= 15 is 0 Å². The van der Waals surface area contributed by atoms with Gasteiger partial charge in [0.1, 0.15) is 0 Å². The summed E-state index contributed by atoms with van der Waals surface area (Å²) >= 11 is 6.03. The Morgan fingerprint density at radius 3 is 2.85 bits per heavy atom. The van der Waals surface area contributed by atoms with E-state index < -0.39 is 0 Å². The Morgan fingerprint density at radius 2 is 2.20 bits per heavy atom. The number of halogens is 3. The van der Waals surface area contributed by atoms with Gasteiger partial charge in [-0.05, 0) is 38.3 Å². The average Bonchev–Trinajstić information content (AvgIpc) is 2.40. The highest BCUT2D eigenvalue weighted by Crippen LogP contribution is 2.24. The van der Waals surface area contributed by atoms with Crippen molar-refractivity contribution in [2.24, 2.45) is 5.73 Å². The van der Waals surface area contributed by atoms with Gasteiger partial charge in [0, 0.05) is 25.0 Å². The number of pyridine rings is 1. The minimum Gasteiger partial charge on any atom is -0.336 e. The Labute approximate surface area is 136 Å². The number of carbonyl (C=O) groups excluding carboxylic acids is 1. The van der Waals surface area contributed by atoms with Crippen LogP contribution < -0.4 is 5.73 Å². The van der Waals surface area contributed by atoms with Gasteiger partial charge in [0.15, 0.2) is 0 Å². The summed E-state index contributed by atoms with van der Waals surface area (Å²) < 4.78 is 0. The van der Waals surface area contributed by atoms with E-state index in [1.165, 1.54) is 12.6 Å². The number of likely N-dealkylation sites (tertiary alicyclic amines) is 1. The lowest BCUT2D eigenvalue weighted by Crippen LogP contribution is -2.44. The van der Waals surface area contributed by atoms with Gasteiger partial charge in [0.2, 0.25) is 0 Å². The van der Waals surface area contributed by atoms with Crippen LogP contribution in [0.25, 0.3) is 0 Å². The highest BCUT2D eigenvalue weighted by molar-refractivity contribution is 6.33. The molecule has 1 aromatic rings. The molecule has 1 amide bonds. The second kappa shape index (κ2) is 9.40. The molecule has 1 atom stereocenters. The molecule has 0 spiro atoms. The van der Waals surface area contributed by atoms with Gasteiger partial charge in [-0.2, -0.15) is 0 Å². The van der Waals surface area contributed by atoms with Crippen molar-refractivity contribution in [1.29, 1.82) is 0 Å². The summed E-state index contributed by atoms with van der Waals surface area (Å²) in [4.78, 5) is 18.3. The van der Waals surface area contributed by atoms with Crippen molar-refractivity contribution in [2.75, 3.05) is 13.1 Å². The first-order valence-electron chi connectivity index (χ1n) is 6.34. The number of hydrogen-bond acceptors (Lipinski definition) is 3. The van der Waals surface area contributed by atoms with Crippen LogP contribution in [-0.2, 0) is 0 Å². The average molecular weight is 341 g/mol. The normalized spacial score (nSPS) is 17.9. The van der Waals surface area contributed by atoms with Crippen LogP contribution in [-0.4, -0.2) is 34.9 Å². The second-order valence-electron chi connectivity index (χ2n) is 4.58. The number of aromatic nitrogens is 1. The number of nitrogens with two attached hydrogens (primary N) is 1. The zero-order valence-corrected chi connectivity index (χ0v) is 13.5. The van der Waals surface area contributed by atoms with Crippen molar-refractivity contribution >= 4 is 42.3 Å². The summed E-state index contributed by atoms with van der Waals surface area (Å²) in [5.41, 5.74) is 6.15. The largest absolute Gasteiger partial charge is 0.336 e. The third-order valence-electron chi connectivity index (χ3n) is 3.39. The van der Waals surface area contributed by atoms with Crippen LogP contribution in [0.2, 0.25) is 5.02 Å². The van der Waals surface area contributed by atoms with Crippen LogP contribution in [0, 0.1) is 0 Å². The molecule has 1 fully saturated rings.